The van der Waals surface area contributed by atoms with Crippen molar-refractivity contribution in [1.29, 1.82) is 0 Å². The highest BCUT2D eigenvalue weighted by Gasteiger charge is 2.15. The van der Waals surface area contributed by atoms with E-state index in [0.29, 0.717) is 22.8 Å². The number of carbonyl (C=O) groups is 1. The number of nitrogens with one attached hydrogen (secondary N) is 1. The van der Waals surface area contributed by atoms with E-state index in [0.717, 1.165) is 0 Å². The van der Waals surface area contributed by atoms with Crippen molar-refractivity contribution in [2.24, 2.45) is 5.73 Å². The SMILES string of the molecule is COc1ccc(OCCO)c(-c2cc(=O)[nH]c(=S)n2CC(N)=O)c1. The van der Waals surface area contributed by atoms with Crippen LogP contribution >= 0.6 is 12.2 Å². The van der Waals surface area contributed by atoms with Crippen LogP contribution in [0.4, 0.5) is 0 Å². The number of aromatic nitrogens is 2. The summed E-state index contributed by atoms with van der Waals surface area (Å²) in [6.07, 6.45) is 0. The first-order valence-electron chi connectivity index (χ1n) is 7.00. The molecule has 2 aromatic rings. The second kappa shape index (κ2) is 7.75. The number of rotatable bonds is 7. The van der Waals surface area contributed by atoms with Gasteiger partial charge in [0.05, 0.1) is 19.4 Å². The molecule has 0 atom stereocenters. The minimum absolute atomic E-state index is 0.0622. The van der Waals surface area contributed by atoms with Crippen LogP contribution in [0.3, 0.4) is 0 Å². The summed E-state index contributed by atoms with van der Waals surface area (Å²) >= 11 is 5.12. The van der Waals surface area contributed by atoms with Crippen molar-refractivity contribution >= 4 is 18.1 Å². The number of nitrogens with zero attached hydrogens (tertiary/aromatic N) is 1. The fraction of sp³-hybridized carbons (Fsp3) is 0.267. The van der Waals surface area contributed by atoms with Gasteiger partial charge < -0.3 is 24.9 Å². The molecule has 0 bridgehead atoms. The number of carbonyl (C=O) groups excluding carboxylic acids is 1. The molecule has 0 aliphatic rings. The monoisotopic (exact) mass is 351 g/mol. The van der Waals surface area contributed by atoms with Gasteiger partial charge in [0.2, 0.25) is 5.91 Å². The zero-order valence-electron chi connectivity index (χ0n) is 12.9. The number of methoxy groups -OCH3 is 1. The number of aliphatic hydroxyl groups excluding tert-OH is 1. The van der Waals surface area contributed by atoms with Crippen molar-refractivity contribution in [2.75, 3.05) is 20.3 Å². The Bertz CT molecular complexity index is 859. The molecule has 0 aliphatic carbocycles. The van der Waals surface area contributed by atoms with E-state index in [2.05, 4.69) is 4.98 Å². The zero-order valence-corrected chi connectivity index (χ0v) is 13.8. The standard InChI is InChI=1S/C15H17N3O5S/c1-22-9-2-3-12(23-5-4-19)10(6-9)11-7-14(21)17-15(24)18(11)8-13(16)20/h2-3,6-7,19H,4-5,8H2,1H3,(H2,16,20)(H,17,21,24). The average molecular weight is 351 g/mol. The van der Waals surface area contributed by atoms with Gasteiger partial charge in [0.1, 0.15) is 24.7 Å². The molecule has 0 unspecified atom stereocenters. The fourth-order valence-electron chi connectivity index (χ4n) is 2.17. The fourth-order valence-corrected chi connectivity index (χ4v) is 2.44. The topological polar surface area (TPSA) is 120 Å². The number of primary amides is 1. The number of aliphatic hydroxyl groups is 1. The first-order chi connectivity index (χ1) is 11.5. The Hall–Kier alpha value is -2.65. The lowest BCUT2D eigenvalue weighted by Crippen LogP contribution is -2.23. The molecule has 128 valence electrons. The van der Waals surface area contributed by atoms with Crippen LogP contribution in [0, 0.1) is 4.77 Å². The van der Waals surface area contributed by atoms with Gasteiger partial charge in [-0.2, -0.15) is 0 Å². The van der Waals surface area contributed by atoms with Crippen molar-refractivity contribution in [3.63, 3.8) is 0 Å². The van der Waals surface area contributed by atoms with E-state index in [9.17, 15) is 9.59 Å². The van der Waals surface area contributed by atoms with Gasteiger partial charge in [0.25, 0.3) is 5.56 Å². The summed E-state index contributed by atoms with van der Waals surface area (Å²) in [5.41, 5.74) is 5.68. The van der Waals surface area contributed by atoms with Crippen molar-refractivity contribution in [2.45, 2.75) is 6.54 Å². The van der Waals surface area contributed by atoms with E-state index in [1.165, 1.54) is 17.7 Å². The lowest BCUT2D eigenvalue weighted by molar-refractivity contribution is -0.118. The second-order valence-corrected chi connectivity index (χ2v) is 5.20. The van der Waals surface area contributed by atoms with Gasteiger partial charge in [0.15, 0.2) is 4.77 Å². The molecule has 4 N–H and O–H groups in total. The molecule has 0 aliphatic heterocycles. The Morgan fingerprint density at radius 2 is 2.17 bits per heavy atom. The van der Waals surface area contributed by atoms with Crippen molar-refractivity contribution in [3.8, 4) is 22.8 Å². The second-order valence-electron chi connectivity index (χ2n) is 4.81. The van der Waals surface area contributed by atoms with Crippen LogP contribution < -0.4 is 20.8 Å². The molecule has 1 aromatic heterocycles. The predicted octanol–water partition coefficient (Wildman–Crippen LogP) is 0.438. The smallest absolute Gasteiger partial charge is 0.252 e. The van der Waals surface area contributed by atoms with Crippen LogP contribution in [0.5, 0.6) is 11.5 Å². The summed E-state index contributed by atoms with van der Waals surface area (Å²) in [4.78, 5) is 25.6. The molecule has 0 radical (unpaired) electrons. The third kappa shape index (κ3) is 4.00. The zero-order chi connectivity index (χ0) is 17.7. The van der Waals surface area contributed by atoms with E-state index >= 15 is 0 Å². The van der Waals surface area contributed by atoms with Crippen LogP contribution in [0.25, 0.3) is 11.3 Å². The predicted molar refractivity (Wildman–Crippen MR) is 89.6 cm³/mol. The quantitative estimate of drug-likeness (QED) is 0.623. The first-order valence-corrected chi connectivity index (χ1v) is 7.41. The number of amides is 1. The molecule has 1 heterocycles. The van der Waals surface area contributed by atoms with Crippen molar-refractivity contribution in [3.05, 3.63) is 39.4 Å². The van der Waals surface area contributed by atoms with Gasteiger partial charge in [-0.15, -0.1) is 0 Å². The maximum atomic E-state index is 11.8. The third-order valence-electron chi connectivity index (χ3n) is 3.16. The molecule has 1 amide bonds. The Labute approximate surface area is 142 Å². The van der Waals surface area contributed by atoms with Crippen LogP contribution in [-0.4, -0.2) is 40.9 Å². The number of ether oxygens (including phenoxy) is 2. The van der Waals surface area contributed by atoms with E-state index in [4.69, 9.17) is 32.5 Å². The summed E-state index contributed by atoms with van der Waals surface area (Å²) < 4.78 is 12.2. The molecule has 24 heavy (non-hydrogen) atoms. The molecule has 0 spiro atoms. The van der Waals surface area contributed by atoms with E-state index in [-0.39, 0.29) is 24.5 Å². The molecular formula is C15H17N3O5S. The van der Waals surface area contributed by atoms with E-state index < -0.39 is 11.5 Å². The van der Waals surface area contributed by atoms with Crippen LogP contribution in [-0.2, 0) is 11.3 Å². The Morgan fingerprint density at radius 1 is 1.42 bits per heavy atom. The summed E-state index contributed by atoms with van der Waals surface area (Å²) in [6, 6.07) is 6.26. The number of hydrogen-bond acceptors (Lipinski definition) is 6. The summed E-state index contributed by atoms with van der Waals surface area (Å²) in [7, 11) is 1.50. The molecule has 0 saturated heterocycles. The molecule has 9 heteroatoms. The Kier molecular flexibility index (Phi) is 5.72. The normalized spacial score (nSPS) is 10.4. The summed E-state index contributed by atoms with van der Waals surface area (Å²) in [5.74, 6) is 0.321. The molecule has 8 nitrogen and oxygen atoms in total. The summed E-state index contributed by atoms with van der Waals surface area (Å²) in [6.45, 7) is -0.310. The first kappa shape index (κ1) is 17.7. The van der Waals surface area contributed by atoms with E-state index in [1.54, 1.807) is 18.2 Å². The summed E-state index contributed by atoms with van der Waals surface area (Å²) in [5, 5.41) is 8.96. The van der Waals surface area contributed by atoms with Crippen LogP contribution in [0.1, 0.15) is 0 Å². The number of hydrogen-bond donors (Lipinski definition) is 3. The highest BCUT2D eigenvalue weighted by molar-refractivity contribution is 7.71. The lowest BCUT2D eigenvalue weighted by Gasteiger charge is -2.16. The molecular weight excluding hydrogens is 334 g/mol. The average Bonchev–Trinajstić information content (AvgIpc) is 2.54. The van der Waals surface area contributed by atoms with Crippen LogP contribution in [0.15, 0.2) is 29.1 Å². The Balaban J connectivity index is 2.71. The highest BCUT2D eigenvalue weighted by atomic mass is 32.1. The van der Waals surface area contributed by atoms with Crippen molar-refractivity contribution < 1.29 is 19.4 Å². The van der Waals surface area contributed by atoms with Crippen molar-refractivity contribution in [1.82, 2.24) is 9.55 Å². The lowest BCUT2D eigenvalue weighted by atomic mass is 10.1. The number of nitrogens with two attached hydrogens (primary N) is 1. The van der Waals surface area contributed by atoms with Gasteiger partial charge in [0, 0.05) is 11.6 Å². The third-order valence-corrected chi connectivity index (χ3v) is 3.48. The minimum Gasteiger partial charge on any atom is -0.497 e. The molecule has 0 saturated carbocycles. The molecule has 2 rings (SSSR count). The highest BCUT2D eigenvalue weighted by Crippen LogP contribution is 2.33. The maximum absolute atomic E-state index is 11.8. The van der Waals surface area contributed by atoms with Crippen LogP contribution in [0.2, 0.25) is 0 Å². The number of benzene rings is 1. The largest absolute Gasteiger partial charge is 0.497 e. The molecule has 0 fully saturated rings. The molecule has 1 aromatic carbocycles. The van der Waals surface area contributed by atoms with Gasteiger partial charge in [-0.1, -0.05) is 0 Å². The van der Waals surface area contributed by atoms with Gasteiger partial charge in [-0.25, -0.2) is 0 Å². The van der Waals surface area contributed by atoms with E-state index in [1.807, 2.05) is 0 Å². The maximum Gasteiger partial charge on any atom is 0.252 e. The number of H-pyrrole nitrogens is 1. The van der Waals surface area contributed by atoms with Gasteiger partial charge in [-0.3, -0.25) is 14.6 Å². The number of aromatic amines is 1. The van der Waals surface area contributed by atoms with Gasteiger partial charge in [-0.05, 0) is 30.4 Å². The Morgan fingerprint density at radius 3 is 2.79 bits per heavy atom. The minimum atomic E-state index is -0.611. The van der Waals surface area contributed by atoms with Gasteiger partial charge >= 0.3 is 0 Å².